The molecule has 0 aliphatic carbocycles. The van der Waals surface area contributed by atoms with Gasteiger partial charge in [-0.2, -0.15) is 0 Å². The van der Waals surface area contributed by atoms with Gasteiger partial charge in [0.2, 0.25) is 5.88 Å². The molecule has 0 aliphatic heterocycles. The van der Waals surface area contributed by atoms with Gasteiger partial charge in [-0.1, -0.05) is 0 Å². The van der Waals surface area contributed by atoms with Gasteiger partial charge in [0.05, 0.1) is 0 Å². The van der Waals surface area contributed by atoms with Gasteiger partial charge in [-0.3, -0.25) is 0 Å². The van der Waals surface area contributed by atoms with Crippen LogP contribution in [-0.2, 0) is 0 Å². The second kappa shape index (κ2) is 5.36. The molecule has 1 aromatic carbocycles. The average molecular weight is 326 g/mol. The number of rotatable bonds is 3. The maximum Gasteiger partial charge on any atom is 0.341 e. The molecule has 1 aromatic heterocycles. The fourth-order valence-electron chi connectivity index (χ4n) is 1.49. The molecule has 2 rings (SSSR count). The first-order chi connectivity index (χ1) is 8.97. The van der Waals surface area contributed by atoms with Crippen molar-refractivity contribution in [2.75, 3.05) is 0 Å². The predicted molar refractivity (Wildman–Crippen MR) is 70.1 cm³/mol. The summed E-state index contributed by atoms with van der Waals surface area (Å²) in [6.07, 6.45) is 1.43. The van der Waals surface area contributed by atoms with Crippen LogP contribution in [0.2, 0.25) is 0 Å². The molecule has 1 N–H and O–H groups in total. The zero-order valence-electron chi connectivity index (χ0n) is 9.85. The number of aromatic nitrogens is 1. The van der Waals surface area contributed by atoms with E-state index in [4.69, 9.17) is 9.84 Å². The molecular formula is C13H9BrFNO3. The maximum absolute atomic E-state index is 13.0. The van der Waals surface area contributed by atoms with Crippen molar-refractivity contribution < 1.29 is 19.0 Å². The lowest BCUT2D eigenvalue weighted by Gasteiger charge is -2.10. The van der Waals surface area contributed by atoms with Crippen LogP contribution < -0.4 is 4.74 Å². The molecule has 0 unspecified atom stereocenters. The molecule has 0 saturated heterocycles. The molecular weight excluding hydrogens is 317 g/mol. The number of halogens is 2. The Kier molecular flexibility index (Phi) is 3.80. The second-order valence-electron chi connectivity index (χ2n) is 3.82. The highest BCUT2D eigenvalue weighted by molar-refractivity contribution is 9.10. The quantitative estimate of drug-likeness (QED) is 0.932. The third-order valence-electron chi connectivity index (χ3n) is 2.39. The van der Waals surface area contributed by atoms with Crippen LogP contribution in [0, 0.1) is 12.7 Å². The van der Waals surface area contributed by atoms with Crippen molar-refractivity contribution in [1.82, 2.24) is 4.98 Å². The van der Waals surface area contributed by atoms with Gasteiger partial charge in [-0.05, 0) is 52.7 Å². The first-order valence-electron chi connectivity index (χ1n) is 5.30. The van der Waals surface area contributed by atoms with E-state index >= 15 is 0 Å². The normalized spacial score (nSPS) is 10.3. The standard InChI is InChI=1S/C13H9BrFNO3/c1-7-4-9(15)2-3-11(7)19-12-10(13(17)18)5-8(14)6-16-12/h2-6H,1H3,(H,17,18). The molecule has 0 aliphatic rings. The van der Waals surface area contributed by atoms with Crippen molar-refractivity contribution in [3.05, 3.63) is 51.9 Å². The monoisotopic (exact) mass is 325 g/mol. The Morgan fingerprint density at radius 2 is 2.16 bits per heavy atom. The summed E-state index contributed by atoms with van der Waals surface area (Å²) in [5.41, 5.74) is 0.485. The molecule has 2 aromatic rings. The summed E-state index contributed by atoms with van der Waals surface area (Å²) < 4.78 is 18.9. The summed E-state index contributed by atoms with van der Waals surface area (Å²) in [6, 6.07) is 5.36. The van der Waals surface area contributed by atoms with Gasteiger partial charge in [0.25, 0.3) is 0 Å². The van der Waals surface area contributed by atoms with Crippen LogP contribution in [0.15, 0.2) is 34.9 Å². The van der Waals surface area contributed by atoms with Crippen LogP contribution in [0.3, 0.4) is 0 Å². The van der Waals surface area contributed by atoms with Crippen molar-refractivity contribution in [3.8, 4) is 11.6 Å². The number of carbonyl (C=O) groups is 1. The van der Waals surface area contributed by atoms with Crippen LogP contribution in [-0.4, -0.2) is 16.1 Å². The van der Waals surface area contributed by atoms with Crippen LogP contribution in [0.5, 0.6) is 11.6 Å². The number of nitrogens with zero attached hydrogens (tertiary/aromatic N) is 1. The summed E-state index contributed by atoms with van der Waals surface area (Å²) in [7, 11) is 0. The second-order valence-corrected chi connectivity index (χ2v) is 4.74. The molecule has 0 amide bonds. The van der Waals surface area contributed by atoms with Crippen molar-refractivity contribution in [2.24, 2.45) is 0 Å². The Balaban J connectivity index is 2.40. The molecule has 0 spiro atoms. The van der Waals surface area contributed by atoms with Gasteiger partial charge in [0, 0.05) is 10.7 Å². The highest BCUT2D eigenvalue weighted by Gasteiger charge is 2.15. The van der Waals surface area contributed by atoms with Crippen molar-refractivity contribution in [3.63, 3.8) is 0 Å². The molecule has 0 fully saturated rings. The number of pyridine rings is 1. The minimum absolute atomic E-state index is 0.0367. The summed E-state index contributed by atoms with van der Waals surface area (Å²) in [5.74, 6) is -1.21. The van der Waals surface area contributed by atoms with E-state index in [0.717, 1.165) is 0 Å². The van der Waals surface area contributed by atoms with Gasteiger partial charge >= 0.3 is 5.97 Å². The van der Waals surface area contributed by atoms with Crippen molar-refractivity contribution >= 4 is 21.9 Å². The maximum atomic E-state index is 13.0. The van der Waals surface area contributed by atoms with E-state index in [0.29, 0.717) is 15.8 Å². The van der Waals surface area contributed by atoms with E-state index in [1.807, 2.05) is 0 Å². The fraction of sp³-hybridized carbons (Fsp3) is 0.0769. The van der Waals surface area contributed by atoms with E-state index in [9.17, 15) is 9.18 Å². The predicted octanol–water partition coefficient (Wildman–Crippen LogP) is 3.78. The molecule has 0 bridgehead atoms. The summed E-state index contributed by atoms with van der Waals surface area (Å²) >= 11 is 3.14. The van der Waals surface area contributed by atoms with Crippen LogP contribution in [0.1, 0.15) is 15.9 Å². The van der Waals surface area contributed by atoms with Crippen LogP contribution in [0.25, 0.3) is 0 Å². The Labute approximate surface area is 117 Å². The Bertz CT molecular complexity index is 646. The molecule has 98 valence electrons. The molecule has 0 atom stereocenters. The lowest BCUT2D eigenvalue weighted by Crippen LogP contribution is -2.02. The zero-order chi connectivity index (χ0) is 14.0. The Morgan fingerprint density at radius 3 is 2.79 bits per heavy atom. The highest BCUT2D eigenvalue weighted by Crippen LogP contribution is 2.28. The summed E-state index contributed by atoms with van der Waals surface area (Å²) in [6.45, 7) is 1.66. The SMILES string of the molecule is Cc1cc(F)ccc1Oc1ncc(Br)cc1C(=O)O. The number of carboxylic acid groups (broad SMARTS) is 1. The molecule has 0 radical (unpaired) electrons. The molecule has 1 heterocycles. The summed E-state index contributed by atoms with van der Waals surface area (Å²) in [4.78, 5) is 15.0. The number of hydrogen-bond donors (Lipinski definition) is 1. The van der Waals surface area contributed by atoms with Gasteiger partial charge in [0.15, 0.2) is 0 Å². The Hall–Kier alpha value is -1.95. The van der Waals surface area contributed by atoms with Crippen LogP contribution >= 0.6 is 15.9 Å². The lowest BCUT2D eigenvalue weighted by atomic mass is 10.2. The Morgan fingerprint density at radius 1 is 1.42 bits per heavy atom. The van der Waals surface area contributed by atoms with Gasteiger partial charge < -0.3 is 9.84 Å². The zero-order valence-corrected chi connectivity index (χ0v) is 11.4. The smallest absolute Gasteiger partial charge is 0.341 e. The van der Waals surface area contributed by atoms with E-state index in [2.05, 4.69) is 20.9 Å². The number of ether oxygens (including phenoxy) is 1. The van der Waals surface area contributed by atoms with E-state index in [1.54, 1.807) is 6.92 Å². The minimum Gasteiger partial charge on any atom is -0.477 e. The van der Waals surface area contributed by atoms with Crippen molar-refractivity contribution in [1.29, 1.82) is 0 Å². The number of carboxylic acids is 1. The molecule has 4 nitrogen and oxygen atoms in total. The van der Waals surface area contributed by atoms with E-state index < -0.39 is 5.97 Å². The topological polar surface area (TPSA) is 59.4 Å². The third-order valence-corrected chi connectivity index (χ3v) is 2.83. The first-order valence-corrected chi connectivity index (χ1v) is 6.09. The number of benzene rings is 1. The average Bonchev–Trinajstić information content (AvgIpc) is 2.34. The number of aromatic carboxylic acids is 1. The number of aryl methyl sites for hydroxylation is 1. The van der Waals surface area contributed by atoms with Gasteiger partial charge in [-0.15, -0.1) is 0 Å². The fourth-order valence-corrected chi connectivity index (χ4v) is 1.82. The first kappa shape index (κ1) is 13.5. The van der Waals surface area contributed by atoms with Gasteiger partial charge in [0.1, 0.15) is 17.1 Å². The van der Waals surface area contributed by atoms with E-state index in [-0.39, 0.29) is 17.3 Å². The molecule has 19 heavy (non-hydrogen) atoms. The highest BCUT2D eigenvalue weighted by atomic mass is 79.9. The largest absolute Gasteiger partial charge is 0.477 e. The van der Waals surface area contributed by atoms with E-state index in [1.165, 1.54) is 30.5 Å². The van der Waals surface area contributed by atoms with Gasteiger partial charge in [-0.25, -0.2) is 14.2 Å². The third kappa shape index (κ3) is 3.08. The number of hydrogen-bond acceptors (Lipinski definition) is 3. The lowest BCUT2D eigenvalue weighted by molar-refractivity contribution is 0.0693. The minimum atomic E-state index is -1.15. The molecule has 0 saturated carbocycles. The van der Waals surface area contributed by atoms with Crippen molar-refractivity contribution in [2.45, 2.75) is 6.92 Å². The van der Waals surface area contributed by atoms with Crippen LogP contribution in [0.4, 0.5) is 4.39 Å². The molecule has 6 heteroatoms. The summed E-state index contributed by atoms with van der Waals surface area (Å²) in [5, 5.41) is 9.08.